The van der Waals surface area contributed by atoms with Crippen LogP contribution in [0.25, 0.3) is 0 Å². The average Bonchev–Trinajstić information content (AvgIpc) is 2.38. The van der Waals surface area contributed by atoms with Crippen LogP contribution in [0.4, 0.5) is 4.39 Å². The van der Waals surface area contributed by atoms with Crippen LogP contribution < -0.4 is 10.5 Å². The van der Waals surface area contributed by atoms with Crippen LogP contribution in [0.3, 0.4) is 0 Å². The maximum atomic E-state index is 13.4. The molecule has 0 saturated heterocycles. The Labute approximate surface area is 106 Å². The molecule has 0 aliphatic carbocycles. The van der Waals surface area contributed by atoms with Crippen molar-refractivity contribution in [2.45, 2.75) is 20.1 Å². The van der Waals surface area contributed by atoms with Crippen LogP contribution in [-0.4, -0.2) is 0 Å². The van der Waals surface area contributed by atoms with Crippen LogP contribution in [0.5, 0.6) is 5.75 Å². The number of rotatable bonds is 4. The number of ether oxygens (including phenoxy) is 1. The molecule has 0 radical (unpaired) electrons. The summed E-state index contributed by atoms with van der Waals surface area (Å²) in [6, 6.07) is 12.4. The van der Waals surface area contributed by atoms with Gasteiger partial charge in [-0.3, -0.25) is 0 Å². The van der Waals surface area contributed by atoms with Crippen molar-refractivity contribution in [2.75, 3.05) is 0 Å². The van der Waals surface area contributed by atoms with Crippen LogP contribution >= 0.6 is 0 Å². The second-order valence-corrected chi connectivity index (χ2v) is 4.20. The summed E-state index contributed by atoms with van der Waals surface area (Å²) in [5.74, 6) is 0.472. The summed E-state index contributed by atoms with van der Waals surface area (Å²) >= 11 is 0. The average molecular weight is 245 g/mol. The zero-order valence-electron chi connectivity index (χ0n) is 10.3. The Morgan fingerprint density at radius 2 is 1.89 bits per heavy atom. The zero-order valence-corrected chi connectivity index (χ0v) is 10.3. The van der Waals surface area contributed by atoms with Gasteiger partial charge in [0.1, 0.15) is 18.2 Å². The van der Waals surface area contributed by atoms with Crippen molar-refractivity contribution in [1.29, 1.82) is 0 Å². The molecule has 2 N–H and O–H groups in total. The quantitative estimate of drug-likeness (QED) is 0.898. The highest BCUT2D eigenvalue weighted by molar-refractivity contribution is 5.37. The minimum atomic E-state index is -0.251. The minimum Gasteiger partial charge on any atom is -0.488 e. The maximum absolute atomic E-state index is 13.4. The van der Waals surface area contributed by atoms with E-state index in [0.29, 0.717) is 12.1 Å². The minimum absolute atomic E-state index is 0.211. The molecular formula is C15H16FNO. The van der Waals surface area contributed by atoms with Crippen LogP contribution in [0.1, 0.15) is 16.7 Å². The standard InChI is InChI=1S/C15H16FNO/c1-11-6-7-12(9-17)15(8-11)18-10-13-4-2-3-5-14(13)16/h2-8H,9-10,17H2,1H3. The predicted octanol–water partition coefficient (Wildman–Crippen LogP) is 3.17. The van der Waals surface area contributed by atoms with E-state index in [9.17, 15) is 4.39 Å². The van der Waals surface area contributed by atoms with Crippen molar-refractivity contribution in [1.82, 2.24) is 0 Å². The molecule has 0 bridgehead atoms. The molecule has 0 saturated carbocycles. The molecule has 0 atom stereocenters. The molecule has 2 nitrogen and oxygen atoms in total. The van der Waals surface area contributed by atoms with E-state index in [2.05, 4.69) is 0 Å². The van der Waals surface area contributed by atoms with E-state index in [-0.39, 0.29) is 12.4 Å². The van der Waals surface area contributed by atoms with Gasteiger partial charge in [0, 0.05) is 17.7 Å². The Morgan fingerprint density at radius 1 is 1.11 bits per heavy atom. The van der Waals surface area contributed by atoms with E-state index in [1.54, 1.807) is 18.2 Å². The Kier molecular flexibility index (Phi) is 3.95. The van der Waals surface area contributed by atoms with E-state index in [4.69, 9.17) is 10.5 Å². The molecule has 0 aliphatic heterocycles. The number of hydrogen-bond acceptors (Lipinski definition) is 2. The molecule has 2 rings (SSSR count). The molecule has 0 unspecified atom stereocenters. The second-order valence-electron chi connectivity index (χ2n) is 4.20. The van der Waals surface area contributed by atoms with Crippen molar-refractivity contribution >= 4 is 0 Å². The molecule has 3 heteroatoms. The van der Waals surface area contributed by atoms with Crippen molar-refractivity contribution in [3.8, 4) is 5.75 Å². The first-order chi connectivity index (χ1) is 8.70. The number of hydrogen-bond donors (Lipinski definition) is 1. The first-order valence-electron chi connectivity index (χ1n) is 5.86. The van der Waals surface area contributed by atoms with Crippen LogP contribution in [-0.2, 0) is 13.2 Å². The van der Waals surface area contributed by atoms with Gasteiger partial charge >= 0.3 is 0 Å². The monoisotopic (exact) mass is 245 g/mol. The molecule has 0 amide bonds. The van der Waals surface area contributed by atoms with Gasteiger partial charge in [-0.2, -0.15) is 0 Å². The molecule has 2 aromatic rings. The van der Waals surface area contributed by atoms with E-state index in [1.165, 1.54) is 6.07 Å². The van der Waals surface area contributed by atoms with Crippen molar-refractivity contribution < 1.29 is 9.13 Å². The van der Waals surface area contributed by atoms with Gasteiger partial charge in [0.2, 0.25) is 0 Å². The lowest BCUT2D eigenvalue weighted by Crippen LogP contribution is -2.04. The molecular weight excluding hydrogens is 229 g/mol. The smallest absolute Gasteiger partial charge is 0.129 e. The van der Waals surface area contributed by atoms with Gasteiger partial charge in [-0.1, -0.05) is 30.3 Å². The van der Waals surface area contributed by atoms with Crippen molar-refractivity contribution in [3.05, 3.63) is 65.0 Å². The number of halogens is 1. The lowest BCUT2D eigenvalue weighted by Gasteiger charge is -2.11. The topological polar surface area (TPSA) is 35.2 Å². The highest BCUT2D eigenvalue weighted by atomic mass is 19.1. The molecule has 0 aromatic heterocycles. The Morgan fingerprint density at radius 3 is 2.61 bits per heavy atom. The van der Waals surface area contributed by atoms with Crippen molar-refractivity contribution in [3.63, 3.8) is 0 Å². The summed E-state index contributed by atoms with van der Waals surface area (Å²) in [6.07, 6.45) is 0. The normalized spacial score (nSPS) is 10.4. The van der Waals surface area contributed by atoms with Gasteiger partial charge in [-0.05, 0) is 24.6 Å². The number of nitrogens with two attached hydrogens (primary N) is 1. The summed E-state index contributed by atoms with van der Waals surface area (Å²) in [5, 5.41) is 0. The lowest BCUT2D eigenvalue weighted by atomic mass is 10.1. The summed E-state index contributed by atoms with van der Waals surface area (Å²) in [7, 11) is 0. The summed E-state index contributed by atoms with van der Waals surface area (Å²) in [5.41, 5.74) is 8.21. The summed E-state index contributed by atoms with van der Waals surface area (Å²) < 4.78 is 19.1. The lowest BCUT2D eigenvalue weighted by molar-refractivity contribution is 0.296. The molecule has 0 fully saturated rings. The largest absolute Gasteiger partial charge is 0.488 e. The van der Waals surface area contributed by atoms with Gasteiger partial charge in [0.15, 0.2) is 0 Å². The molecule has 0 heterocycles. The van der Waals surface area contributed by atoms with Crippen LogP contribution in [0.2, 0.25) is 0 Å². The fourth-order valence-corrected chi connectivity index (χ4v) is 1.74. The number of benzene rings is 2. The third-order valence-corrected chi connectivity index (χ3v) is 2.78. The maximum Gasteiger partial charge on any atom is 0.129 e. The van der Waals surface area contributed by atoms with Gasteiger partial charge in [-0.15, -0.1) is 0 Å². The fraction of sp³-hybridized carbons (Fsp3) is 0.200. The molecule has 0 spiro atoms. The Hall–Kier alpha value is -1.87. The van der Waals surface area contributed by atoms with E-state index >= 15 is 0 Å². The zero-order chi connectivity index (χ0) is 13.0. The third kappa shape index (κ3) is 2.87. The molecule has 94 valence electrons. The highest BCUT2D eigenvalue weighted by Crippen LogP contribution is 2.21. The van der Waals surface area contributed by atoms with Crippen LogP contribution in [0, 0.1) is 12.7 Å². The summed E-state index contributed by atoms with van der Waals surface area (Å²) in [6.45, 7) is 2.60. The molecule has 0 aliphatic rings. The van der Waals surface area contributed by atoms with Gasteiger partial charge < -0.3 is 10.5 Å². The van der Waals surface area contributed by atoms with Crippen LogP contribution in [0.15, 0.2) is 42.5 Å². The predicted molar refractivity (Wildman–Crippen MR) is 69.8 cm³/mol. The van der Waals surface area contributed by atoms with Gasteiger partial charge in [-0.25, -0.2) is 4.39 Å². The van der Waals surface area contributed by atoms with Crippen molar-refractivity contribution in [2.24, 2.45) is 5.73 Å². The second kappa shape index (κ2) is 5.65. The number of aryl methyl sites for hydroxylation is 1. The van der Waals surface area contributed by atoms with Gasteiger partial charge in [0.05, 0.1) is 0 Å². The van der Waals surface area contributed by atoms with E-state index in [0.717, 1.165) is 16.9 Å². The Bertz CT molecular complexity index is 540. The molecule has 18 heavy (non-hydrogen) atoms. The SMILES string of the molecule is Cc1ccc(CN)c(OCc2ccccc2F)c1. The highest BCUT2D eigenvalue weighted by Gasteiger charge is 2.05. The fourth-order valence-electron chi connectivity index (χ4n) is 1.74. The Balaban J connectivity index is 2.15. The van der Waals surface area contributed by atoms with Gasteiger partial charge in [0.25, 0.3) is 0 Å². The first-order valence-corrected chi connectivity index (χ1v) is 5.86. The van der Waals surface area contributed by atoms with E-state index < -0.39 is 0 Å². The third-order valence-electron chi connectivity index (χ3n) is 2.78. The summed E-state index contributed by atoms with van der Waals surface area (Å²) in [4.78, 5) is 0. The van der Waals surface area contributed by atoms with E-state index in [1.807, 2.05) is 25.1 Å². The molecule has 2 aromatic carbocycles. The first kappa shape index (κ1) is 12.6.